The van der Waals surface area contributed by atoms with Crippen molar-refractivity contribution >= 4 is 0 Å². The average molecular weight is 148 g/mol. The molecule has 0 spiro atoms. The summed E-state index contributed by atoms with van der Waals surface area (Å²) in [5, 5.41) is 0. The molecule has 0 radical (unpaired) electrons. The first-order valence-corrected chi connectivity index (χ1v) is 3.58. The molecular weight excluding hydrogens is 132 g/mol. The van der Waals surface area contributed by atoms with Crippen LogP contribution in [0, 0.1) is 0 Å². The zero-order chi connectivity index (χ0) is 7.23. The largest absolute Gasteiger partial charge is 0.103 e. The van der Waals surface area contributed by atoms with Gasteiger partial charge in [-0.15, -0.1) is 6.58 Å². The fourth-order valence-electron chi connectivity index (χ4n) is 0.913. The molecule has 0 atom stereocenters. The van der Waals surface area contributed by atoms with Crippen molar-refractivity contribution in [1.29, 1.82) is 0 Å². The highest BCUT2D eigenvalue weighted by Gasteiger charge is 1.85. The first kappa shape index (κ1) is 9.96. The molecule has 60 valence electrons. The summed E-state index contributed by atoms with van der Waals surface area (Å²) >= 11 is 0. The fraction of sp³-hybridized carbons (Fsp3) is 0.273. The van der Waals surface area contributed by atoms with Crippen molar-refractivity contribution < 1.29 is 0 Å². The maximum absolute atomic E-state index is 3.68. The molecule has 0 unspecified atom stereocenters. The van der Waals surface area contributed by atoms with Crippen molar-refractivity contribution in [2.24, 2.45) is 0 Å². The molecule has 1 rings (SSSR count). The number of rotatable bonds is 3. The molecule has 0 amide bonds. The lowest BCUT2D eigenvalue weighted by Gasteiger charge is -1.94. The van der Waals surface area contributed by atoms with Crippen LogP contribution in [-0.2, 0) is 6.42 Å². The Balaban J connectivity index is 0.000001000. The van der Waals surface area contributed by atoms with Crippen LogP contribution in [0.3, 0.4) is 0 Å². The Labute approximate surface area is 69.6 Å². The highest BCUT2D eigenvalue weighted by Crippen LogP contribution is 2.01. The van der Waals surface area contributed by atoms with Gasteiger partial charge < -0.3 is 0 Å². The van der Waals surface area contributed by atoms with E-state index >= 15 is 0 Å². The molecule has 0 aliphatic rings. The lowest BCUT2D eigenvalue weighted by Crippen LogP contribution is -1.79. The van der Waals surface area contributed by atoms with Gasteiger partial charge in [-0.25, -0.2) is 0 Å². The van der Waals surface area contributed by atoms with Gasteiger partial charge in [-0.2, -0.15) is 0 Å². The number of allylic oxidation sites excluding steroid dienone is 1. The van der Waals surface area contributed by atoms with Gasteiger partial charge in [0, 0.05) is 0 Å². The van der Waals surface area contributed by atoms with Crippen LogP contribution >= 0.6 is 0 Å². The van der Waals surface area contributed by atoms with Gasteiger partial charge in [0.2, 0.25) is 0 Å². The summed E-state index contributed by atoms with van der Waals surface area (Å²) in [7, 11) is 0. The SMILES string of the molecule is C.C=CCCc1ccccc1. The van der Waals surface area contributed by atoms with E-state index in [0.717, 1.165) is 12.8 Å². The van der Waals surface area contributed by atoms with Gasteiger partial charge in [0.1, 0.15) is 0 Å². The maximum Gasteiger partial charge on any atom is -0.0244 e. The summed E-state index contributed by atoms with van der Waals surface area (Å²) in [6.45, 7) is 3.68. The lowest BCUT2D eigenvalue weighted by atomic mass is 10.1. The monoisotopic (exact) mass is 148 g/mol. The molecule has 1 aromatic rings. The summed E-state index contributed by atoms with van der Waals surface area (Å²) in [6, 6.07) is 10.5. The molecular formula is C11H16. The minimum atomic E-state index is 0. The first-order chi connectivity index (χ1) is 4.93. The molecule has 0 fully saturated rings. The van der Waals surface area contributed by atoms with Crippen molar-refractivity contribution in [2.75, 3.05) is 0 Å². The molecule has 0 heteroatoms. The van der Waals surface area contributed by atoms with Crippen LogP contribution in [0.15, 0.2) is 43.0 Å². The Morgan fingerprint density at radius 2 is 1.82 bits per heavy atom. The molecule has 1 aromatic carbocycles. The second-order valence-corrected chi connectivity index (χ2v) is 2.31. The predicted molar refractivity (Wildman–Crippen MR) is 51.7 cm³/mol. The number of hydrogen-bond acceptors (Lipinski definition) is 0. The minimum Gasteiger partial charge on any atom is -0.103 e. The van der Waals surface area contributed by atoms with E-state index in [1.54, 1.807) is 0 Å². The minimum absolute atomic E-state index is 0. The Morgan fingerprint density at radius 3 is 2.36 bits per heavy atom. The first-order valence-electron chi connectivity index (χ1n) is 3.58. The van der Waals surface area contributed by atoms with Crippen molar-refractivity contribution in [2.45, 2.75) is 20.3 Å². The molecule has 0 bridgehead atoms. The van der Waals surface area contributed by atoms with Crippen LogP contribution in [0.4, 0.5) is 0 Å². The second kappa shape index (κ2) is 5.72. The average Bonchev–Trinajstić information content (AvgIpc) is 2.03. The number of hydrogen-bond donors (Lipinski definition) is 0. The van der Waals surface area contributed by atoms with Crippen LogP contribution in [0.1, 0.15) is 19.4 Å². The molecule has 0 saturated carbocycles. The normalized spacial score (nSPS) is 8.36. The van der Waals surface area contributed by atoms with E-state index < -0.39 is 0 Å². The summed E-state index contributed by atoms with van der Waals surface area (Å²) in [5.74, 6) is 0. The standard InChI is InChI=1S/C10H12.CH4/c1-2-3-7-10-8-5-4-6-9-10;/h2,4-6,8-9H,1,3,7H2;1H4. The van der Waals surface area contributed by atoms with E-state index in [9.17, 15) is 0 Å². The van der Waals surface area contributed by atoms with Gasteiger partial charge in [0.15, 0.2) is 0 Å². The summed E-state index contributed by atoms with van der Waals surface area (Å²) in [6.07, 6.45) is 4.14. The summed E-state index contributed by atoms with van der Waals surface area (Å²) in [5.41, 5.74) is 1.39. The Hall–Kier alpha value is -1.04. The van der Waals surface area contributed by atoms with Gasteiger partial charge in [-0.3, -0.25) is 0 Å². The highest BCUT2D eigenvalue weighted by atomic mass is 13.9. The van der Waals surface area contributed by atoms with Crippen molar-refractivity contribution in [3.05, 3.63) is 48.6 Å². The lowest BCUT2D eigenvalue weighted by molar-refractivity contribution is 1.00. The molecule has 0 saturated heterocycles. The quantitative estimate of drug-likeness (QED) is 0.576. The van der Waals surface area contributed by atoms with Crippen molar-refractivity contribution in [1.82, 2.24) is 0 Å². The predicted octanol–water partition coefficient (Wildman–Crippen LogP) is 3.44. The molecule has 0 N–H and O–H groups in total. The maximum atomic E-state index is 3.68. The van der Waals surface area contributed by atoms with Gasteiger partial charge in [0.25, 0.3) is 0 Å². The van der Waals surface area contributed by atoms with Gasteiger partial charge in [-0.1, -0.05) is 43.8 Å². The van der Waals surface area contributed by atoms with E-state index in [2.05, 4.69) is 30.8 Å². The van der Waals surface area contributed by atoms with E-state index in [4.69, 9.17) is 0 Å². The molecule has 0 aromatic heterocycles. The molecule has 11 heavy (non-hydrogen) atoms. The van der Waals surface area contributed by atoms with E-state index in [1.807, 2.05) is 12.1 Å². The smallest absolute Gasteiger partial charge is 0.0244 e. The van der Waals surface area contributed by atoms with Gasteiger partial charge in [0.05, 0.1) is 0 Å². The fourth-order valence-corrected chi connectivity index (χ4v) is 0.913. The third kappa shape index (κ3) is 3.61. The van der Waals surface area contributed by atoms with E-state index in [-0.39, 0.29) is 7.43 Å². The van der Waals surface area contributed by atoms with E-state index in [0.29, 0.717) is 0 Å². The van der Waals surface area contributed by atoms with Gasteiger partial charge >= 0.3 is 0 Å². The third-order valence-corrected chi connectivity index (χ3v) is 1.48. The summed E-state index contributed by atoms with van der Waals surface area (Å²) in [4.78, 5) is 0. The van der Waals surface area contributed by atoms with Crippen LogP contribution in [-0.4, -0.2) is 0 Å². The third-order valence-electron chi connectivity index (χ3n) is 1.48. The molecule has 0 heterocycles. The van der Waals surface area contributed by atoms with Crippen LogP contribution in [0.2, 0.25) is 0 Å². The number of benzene rings is 1. The Kier molecular flexibility index (Phi) is 5.18. The zero-order valence-corrected chi connectivity index (χ0v) is 6.09. The zero-order valence-electron chi connectivity index (χ0n) is 6.09. The van der Waals surface area contributed by atoms with Gasteiger partial charge in [-0.05, 0) is 18.4 Å². The van der Waals surface area contributed by atoms with Crippen molar-refractivity contribution in [3.63, 3.8) is 0 Å². The topological polar surface area (TPSA) is 0 Å². The number of aryl methyl sites for hydroxylation is 1. The Morgan fingerprint density at radius 1 is 1.18 bits per heavy atom. The molecule has 0 aliphatic carbocycles. The van der Waals surface area contributed by atoms with Crippen LogP contribution in [0.5, 0.6) is 0 Å². The Bertz CT molecular complexity index is 186. The molecule has 0 nitrogen and oxygen atoms in total. The van der Waals surface area contributed by atoms with Crippen LogP contribution in [0.25, 0.3) is 0 Å². The molecule has 0 aliphatic heterocycles. The van der Waals surface area contributed by atoms with Crippen LogP contribution < -0.4 is 0 Å². The highest BCUT2D eigenvalue weighted by molar-refractivity contribution is 5.14. The van der Waals surface area contributed by atoms with E-state index in [1.165, 1.54) is 5.56 Å². The van der Waals surface area contributed by atoms with Crippen molar-refractivity contribution in [3.8, 4) is 0 Å². The second-order valence-electron chi connectivity index (χ2n) is 2.31. The summed E-state index contributed by atoms with van der Waals surface area (Å²) < 4.78 is 0.